The van der Waals surface area contributed by atoms with E-state index in [0.29, 0.717) is 17.5 Å². The Balaban J connectivity index is 3.25. The van der Waals surface area contributed by atoms with Gasteiger partial charge in [0.05, 0.1) is 0 Å². The van der Waals surface area contributed by atoms with Crippen LogP contribution in [0.3, 0.4) is 0 Å². The normalized spacial score (nSPS) is 17.1. The third-order valence-corrected chi connectivity index (χ3v) is 3.22. The monoisotopic (exact) mass is 322 g/mol. The van der Waals surface area contributed by atoms with Gasteiger partial charge < -0.3 is 0 Å². The minimum absolute atomic E-state index is 0.0881. The van der Waals surface area contributed by atoms with E-state index < -0.39 is 15.1 Å². The molecule has 0 spiro atoms. The molecule has 0 amide bonds. The molecule has 0 radical (unpaired) electrons. The summed E-state index contributed by atoms with van der Waals surface area (Å²) in [5, 5.41) is 0.438. The number of allylic oxidation sites excluding steroid dienone is 1. The van der Waals surface area contributed by atoms with Crippen LogP contribution in [0.15, 0.2) is 35.2 Å². The van der Waals surface area contributed by atoms with Gasteiger partial charge in [0.2, 0.25) is 0 Å². The predicted molar refractivity (Wildman–Crippen MR) is 60.7 cm³/mol. The molecule has 0 nitrogen and oxygen atoms in total. The molecule has 0 N–H and O–H groups in total. The summed E-state index contributed by atoms with van der Waals surface area (Å²) in [5.41, 5.74) is 0.0881. The molecule has 1 aromatic carbocycles. The molecule has 16 heavy (non-hydrogen) atoms. The lowest BCUT2D eigenvalue weighted by atomic mass is 10.2. The van der Waals surface area contributed by atoms with Crippen molar-refractivity contribution in [2.24, 2.45) is 0 Å². The Hall–Kier alpha value is -0.560. The Morgan fingerprint density at radius 3 is 2.25 bits per heavy atom. The SMILES string of the molecule is FS(F)(F)(F)(F)c1cccc(C=CCBr)c1. The van der Waals surface area contributed by atoms with E-state index in [9.17, 15) is 19.4 Å². The average molecular weight is 323 g/mol. The summed E-state index contributed by atoms with van der Waals surface area (Å²) < 4.78 is 62.1. The van der Waals surface area contributed by atoms with Gasteiger partial charge in [0, 0.05) is 5.33 Å². The van der Waals surface area contributed by atoms with Crippen molar-refractivity contribution in [1.29, 1.82) is 0 Å². The molecule has 0 heterocycles. The maximum absolute atomic E-state index is 12.4. The molecule has 0 saturated heterocycles. The maximum atomic E-state index is 12.4. The highest BCUT2D eigenvalue weighted by Gasteiger charge is 2.65. The number of halogens is 6. The van der Waals surface area contributed by atoms with Crippen LogP contribution in [-0.4, -0.2) is 5.33 Å². The molecule has 0 bridgehead atoms. The maximum Gasteiger partial charge on any atom is 0.310 e. The Bertz CT molecular complexity index is 422. The van der Waals surface area contributed by atoms with Gasteiger partial charge in [-0.05, 0) is 17.7 Å². The number of benzene rings is 1. The number of hydrogen-bond donors (Lipinski definition) is 0. The van der Waals surface area contributed by atoms with Crippen molar-refractivity contribution in [2.45, 2.75) is 4.90 Å². The molecular weight excluding hydrogens is 315 g/mol. The summed E-state index contributed by atoms with van der Waals surface area (Å²) in [5.74, 6) is 0. The molecule has 0 aliphatic heterocycles. The lowest BCUT2D eigenvalue weighted by Gasteiger charge is -2.40. The van der Waals surface area contributed by atoms with Crippen LogP contribution in [0.5, 0.6) is 0 Å². The van der Waals surface area contributed by atoms with E-state index in [0.717, 1.165) is 6.07 Å². The second kappa shape index (κ2) is 3.46. The van der Waals surface area contributed by atoms with Crippen LogP contribution in [0, 0.1) is 0 Å². The molecule has 7 heteroatoms. The number of rotatable bonds is 3. The lowest BCUT2D eigenvalue weighted by Crippen LogP contribution is -2.05. The third kappa shape index (κ3) is 3.79. The molecule has 1 aromatic rings. The topological polar surface area (TPSA) is 0 Å². The average Bonchev–Trinajstić information content (AvgIpc) is 2.12. The molecule has 0 atom stereocenters. The van der Waals surface area contributed by atoms with Crippen molar-refractivity contribution >= 4 is 32.2 Å². The molecule has 0 aliphatic rings. The van der Waals surface area contributed by atoms with E-state index >= 15 is 0 Å². The van der Waals surface area contributed by atoms with Crippen molar-refractivity contribution < 1.29 is 19.4 Å². The van der Waals surface area contributed by atoms with E-state index in [4.69, 9.17) is 0 Å². The first-order valence-electron chi connectivity index (χ1n) is 4.09. The highest BCUT2D eigenvalue weighted by atomic mass is 79.9. The van der Waals surface area contributed by atoms with Crippen LogP contribution in [0.2, 0.25) is 0 Å². The van der Waals surface area contributed by atoms with Crippen molar-refractivity contribution in [3.8, 4) is 0 Å². The summed E-state index contributed by atoms with van der Waals surface area (Å²) in [6.45, 7) is 0. The minimum Gasteiger partial charge on any atom is -0.0936 e. The molecule has 1 rings (SSSR count). The number of alkyl halides is 1. The summed E-state index contributed by atoms with van der Waals surface area (Å²) in [6, 6.07) is 3.11. The Kier molecular flexibility index (Phi) is 2.92. The van der Waals surface area contributed by atoms with Gasteiger partial charge in [-0.15, -0.1) is 0 Å². The predicted octanol–water partition coefficient (Wildman–Crippen LogP) is 5.75. The van der Waals surface area contributed by atoms with Gasteiger partial charge in [-0.25, -0.2) is 0 Å². The standard InChI is InChI=1S/C9H8BrF5S/c10-6-2-4-8-3-1-5-9(7-8)16(11,12,13,14)15/h1-5,7H,6H2. The molecule has 0 aliphatic carbocycles. The highest BCUT2D eigenvalue weighted by molar-refractivity contribution is 9.09. The van der Waals surface area contributed by atoms with Crippen molar-refractivity contribution in [2.75, 3.05) is 5.33 Å². The van der Waals surface area contributed by atoms with Crippen LogP contribution in [-0.2, 0) is 0 Å². The van der Waals surface area contributed by atoms with Crippen LogP contribution < -0.4 is 0 Å². The first-order valence-corrected chi connectivity index (χ1v) is 7.17. The zero-order valence-corrected chi connectivity index (χ0v) is 10.2. The van der Waals surface area contributed by atoms with E-state index in [1.165, 1.54) is 18.2 Å². The Morgan fingerprint density at radius 1 is 1.12 bits per heavy atom. The fraction of sp³-hybridized carbons (Fsp3) is 0.111. The van der Waals surface area contributed by atoms with Crippen LogP contribution in [0.25, 0.3) is 6.08 Å². The molecule has 0 fully saturated rings. The molecular formula is C9H8BrF5S. The van der Waals surface area contributed by atoms with Gasteiger partial charge in [-0.1, -0.05) is 59.6 Å². The molecule has 0 aromatic heterocycles. The summed E-state index contributed by atoms with van der Waals surface area (Å²) >= 11 is 3.04. The van der Waals surface area contributed by atoms with Crippen molar-refractivity contribution in [3.05, 3.63) is 35.9 Å². The van der Waals surface area contributed by atoms with Crippen LogP contribution >= 0.6 is 26.2 Å². The van der Waals surface area contributed by atoms with Crippen molar-refractivity contribution in [3.63, 3.8) is 0 Å². The van der Waals surface area contributed by atoms with Crippen LogP contribution in [0.4, 0.5) is 19.4 Å². The quantitative estimate of drug-likeness (QED) is 0.491. The fourth-order valence-electron chi connectivity index (χ4n) is 1.04. The second-order valence-corrected chi connectivity index (χ2v) is 6.15. The van der Waals surface area contributed by atoms with Gasteiger partial charge in [0.15, 0.2) is 0 Å². The molecule has 0 saturated carbocycles. The smallest absolute Gasteiger partial charge is 0.0936 e. The summed E-state index contributed by atoms with van der Waals surface area (Å²) in [6.07, 6.45) is 2.85. The van der Waals surface area contributed by atoms with Gasteiger partial charge >= 0.3 is 10.2 Å². The van der Waals surface area contributed by atoms with Crippen molar-refractivity contribution in [1.82, 2.24) is 0 Å². The van der Waals surface area contributed by atoms with E-state index in [1.54, 1.807) is 0 Å². The zero-order valence-electron chi connectivity index (χ0n) is 7.85. The summed E-state index contributed by atoms with van der Waals surface area (Å²) in [7, 11) is -9.55. The van der Waals surface area contributed by atoms with Gasteiger partial charge in [0.25, 0.3) is 0 Å². The lowest BCUT2D eigenvalue weighted by molar-refractivity contribution is 0.364. The van der Waals surface area contributed by atoms with E-state index in [-0.39, 0.29) is 5.56 Å². The highest BCUT2D eigenvalue weighted by Crippen LogP contribution is 3.02. The Labute approximate surface area is 98.0 Å². The van der Waals surface area contributed by atoms with Gasteiger partial charge in [0.1, 0.15) is 4.90 Å². The van der Waals surface area contributed by atoms with E-state index in [2.05, 4.69) is 15.9 Å². The molecule has 92 valence electrons. The van der Waals surface area contributed by atoms with Crippen LogP contribution in [0.1, 0.15) is 5.56 Å². The van der Waals surface area contributed by atoms with Gasteiger partial charge in [-0.3, -0.25) is 0 Å². The zero-order chi connectivity index (χ0) is 12.5. The summed E-state index contributed by atoms with van der Waals surface area (Å²) in [4.78, 5) is -1.86. The Morgan fingerprint density at radius 2 is 1.75 bits per heavy atom. The third-order valence-electron chi connectivity index (χ3n) is 1.70. The largest absolute Gasteiger partial charge is 0.310 e. The molecule has 0 unspecified atom stereocenters. The van der Waals surface area contributed by atoms with E-state index in [1.807, 2.05) is 0 Å². The first kappa shape index (κ1) is 13.5. The second-order valence-electron chi connectivity index (χ2n) is 3.10. The van der Waals surface area contributed by atoms with Gasteiger partial charge in [-0.2, -0.15) is 0 Å². The fourth-order valence-corrected chi connectivity index (χ4v) is 1.92. The minimum atomic E-state index is -9.55. The number of hydrogen-bond acceptors (Lipinski definition) is 0. The first-order chi connectivity index (χ1) is 7.03.